The number of carboxylic acid groups (broad SMARTS) is 1. The number of rotatable bonds is 5. The third-order valence-corrected chi connectivity index (χ3v) is 2.38. The Balaban J connectivity index is 3.83. The molecule has 0 aliphatic heterocycles. The zero-order valence-corrected chi connectivity index (χ0v) is 8.51. The SMILES string of the molecule is CCC(C)N(C)CC(Cl)C(=O)O. The average Bonchev–Trinajstić information content (AvgIpc) is 2.02. The fourth-order valence-electron chi connectivity index (χ4n) is 0.823. The van der Waals surface area contributed by atoms with Gasteiger partial charge in [-0.3, -0.25) is 4.79 Å². The van der Waals surface area contributed by atoms with Crippen molar-refractivity contribution in [2.75, 3.05) is 13.6 Å². The van der Waals surface area contributed by atoms with Crippen molar-refractivity contribution < 1.29 is 9.90 Å². The van der Waals surface area contributed by atoms with E-state index in [0.29, 0.717) is 12.6 Å². The van der Waals surface area contributed by atoms with Crippen LogP contribution in [0.3, 0.4) is 0 Å². The van der Waals surface area contributed by atoms with Gasteiger partial charge in [0.05, 0.1) is 0 Å². The van der Waals surface area contributed by atoms with Crippen molar-refractivity contribution in [3.8, 4) is 0 Å². The zero-order valence-electron chi connectivity index (χ0n) is 7.75. The molecule has 72 valence electrons. The van der Waals surface area contributed by atoms with E-state index in [1.807, 2.05) is 18.9 Å². The number of aliphatic carboxylic acids is 1. The Morgan fingerprint density at radius 2 is 2.17 bits per heavy atom. The van der Waals surface area contributed by atoms with Crippen LogP contribution in [-0.4, -0.2) is 41.0 Å². The summed E-state index contributed by atoms with van der Waals surface area (Å²) < 4.78 is 0. The van der Waals surface area contributed by atoms with Gasteiger partial charge in [-0.05, 0) is 20.4 Å². The molecule has 0 aliphatic carbocycles. The number of carbonyl (C=O) groups is 1. The van der Waals surface area contributed by atoms with Crippen molar-refractivity contribution in [2.24, 2.45) is 0 Å². The van der Waals surface area contributed by atoms with E-state index >= 15 is 0 Å². The predicted octanol–water partition coefficient (Wildman–Crippen LogP) is 1.41. The summed E-state index contributed by atoms with van der Waals surface area (Å²) in [5, 5.41) is 7.72. The summed E-state index contributed by atoms with van der Waals surface area (Å²) in [5.41, 5.74) is 0. The lowest BCUT2D eigenvalue weighted by Gasteiger charge is -2.24. The van der Waals surface area contributed by atoms with Crippen LogP contribution in [0, 0.1) is 0 Å². The highest BCUT2D eigenvalue weighted by Gasteiger charge is 2.17. The molecule has 1 N–H and O–H groups in total. The molecule has 0 radical (unpaired) electrons. The number of hydrogen-bond donors (Lipinski definition) is 1. The van der Waals surface area contributed by atoms with Gasteiger partial charge in [-0.15, -0.1) is 11.6 Å². The molecule has 0 fully saturated rings. The Bertz CT molecular complexity index is 152. The van der Waals surface area contributed by atoms with Crippen LogP contribution in [0.15, 0.2) is 0 Å². The molecule has 12 heavy (non-hydrogen) atoms. The number of nitrogens with zero attached hydrogens (tertiary/aromatic N) is 1. The quantitative estimate of drug-likeness (QED) is 0.672. The van der Waals surface area contributed by atoms with E-state index in [1.165, 1.54) is 0 Å². The first-order valence-corrected chi connectivity index (χ1v) is 4.49. The number of carboxylic acids is 1. The summed E-state index contributed by atoms with van der Waals surface area (Å²) in [5.74, 6) is -0.952. The second kappa shape index (κ2) is 5.38. The summed E-state index contributed by atoms with van der Waals surface area (Å²) in [4.78, 5) is 12.3. The molecule has 0 saturated carbocycles. The standard InChI is InChI=1S/C8H16ClNO2/c1-4-6(2)10(3)5-7(9)8(11)12/h6-7H,4-5H2,1-3H3,(H,11,12). The first-order chi connectivity index (χ1) is 5.49. The smallest absolute Gasteiger partial charge is 0.322 e. The normalized spacial score (nSPS) is 16.1. The molecule has 0 saturated heterocycles. The number of halogens is 1. The maximum absolute atomic E-state index is 10.4. The van der Waals surface area contributed by atoms with Crippen LogP contribution in [0.1, 0.15) is 20.3 Å². The molecular weight excluding hydrogens is 178 g/mol. The second-order valence-corrected chi connectivity index (χ2v) is 3.53. The second-order valence-electron chi connectivity index (χ2n) is 3.00. The summed E-state index contributed by atoms with van der Waals surface area (Å²) in [6.07, 6.45) is 1.000. The van der Waals surface area contributed by atoms with Crippen LogP contribution in [0.4, 0.5) is 0 Å². The largest absolute Gasteiger partial charge is 0.480 e. The van der Waals surface area contributed by atoms with Crippen LogP contribution < -0.4 is 0 Å². The van der Waals surface area contributed by atoms with Crippen molar-refractivity contribution in [3.63, 3.8) is 0 Å². The first-order valence-electron chi connectivity index (χ1n) is 4.06. The number of alkyl halides is 1. The van der Waals surface area contributed by atoms with Gasteiger partial charge in [0.15, 0.2) is 0 Å². The van der Waals surface area contributed by atoms with Gasteiger partial charge in [0.1, 0.15) is 5.38 Å². The minimum Gasteiger partial charge on any atom is -0.480 e. The van der Waals surface area contributed by atoms with Crippen molar-refractivity contribution in [3.05, 3.63) is 0 Å². The minimum atomic E-state index is -0.952. The van der Waals surface area contributed by atoms with Gasteiger partial charge >= 0.3 is 5.97 Å². The molecule has 0 aromatic rings. The highest BCUT2D eigenvalue weighted by atomic mass is 35.5. The van der Waals surface area contributed by atoms with E-state index in [-0.39, 0.29) is 0 Å². The molecule has 0 aromatic heterocycles. The topological polar surface area (TPSA) is 40.5 Å². The van der Waals surface area contributed by atoms with E-state index in [4.69, 9.17) is 16.7 Å². The van der Waals surface area contributed by atoms with Crippen LogP contribution in [0.2, 0.25) is 0 Å². The summed E-state index contributed by atoms with van der Waals surface area (Å²) in [7, 11) is 1.88. The molecular formula is C8H16ClNO2. The first kappa shape index (κ1) is 11.7. The lowest BCUT2D eigenvalue weighted by atomic mass is 10.2. The zero-order chi connectivity index (χ0) is 9.72. The average molecular weight is 194 g/mol. The van der Waals surface area contributed by atoms with Crippen molar-refractivity contribution in [2.45, 2.75) is 31.7 Å². The Kier molecular flexibility index (Phi) is 5.25. The van der Waals surface area contributed by atoms with Gasteiger partial charge in [-0.25, -0.2) is 0 Å². The Labute approximate surface area is 78.3 Å². The third-order valence-electron chi connectivity index (χ3n) is 2.06. The van der Waals surface area contributed by atoms with Crippen LogP contribution >= 0.6 is 11.6 Å². The molecule has 0 bridgehead atoms. The van der Waals surface area contributed by atoms with Crippen LogP contribution in [-0.2, 0) is 4.79 Å². The maximum Gasteiger partial charge on any atom is 0.322 e. The Morgan fingerprint density at radius 3 is 2.50 bits per heavy atom. The molecule has 2 atom stereocenters. The van der Waals surface area contributed by atoms with Gasteiger partial charge in [0, 0.05) is 12.6 Å². The highest BCUT2D eigenvalue weighted by molar-refractivity contribution is 6.29. The number of hydrogen-bond acceptors (Lipinski definition) is 2. The molecule has 0 heterocycles. The van der Waals surface area contributed by atoms with Gasteiger partial charge < -0.3 is 10.0 Å². The monoisotopic (exact) mass is 193 g/mol. The highest BCUT2D eigenvalue weighted by Crippen LogP contribution is 2.04. The third kappa shape index (κ3) is 3.93. The maximum atomic E-state index is 10.4. The van der Waals surface area contributed by atoms with Gasteiger partial charge in [-0.1, -0.05) is 6.92 Å². The lowest BCUT2D eigenvalue weighted by Crippen LogP contribution is -2.36. The fraction of sp³-hybridized carbons (Fsp3) is 0.875. The lowest BCUT2D eigenvalue weighted by molar-refractivity contribution is -0.137. The molecule has 2 unspecified atom stereocenters. The Morgan fingerprint density at radius 1 is 1.67 bits per heavy atom. The van der Waals surface area contributed by atoms with Gasteiger partial charge in [0.25, 0.3) is 0 Å². The van der Waals surface area contributed by atoms with E-state index in [0.717, 1.165) is 6.42 Å². The molecule has 0 rings (SSSR count). The predicted molar refractivity (Wildman–Crippen MR) is 49.7 cm³/mol. The van der Waals surface area contributed by atoms with Crippen molar-refractivity contribution in [1.82, 2.24) is 4.90 Å². The molecule has 3 nitrogen and oxygen atoms in total. The van der Waals surface area contributed by atoms with Gasteiger partial charge in [0.2, 0.25) is 0 Å². The van der Waals surface area contributed by atoms with E-state index < -0.39 is 11.3 Å². The van der Waals surface area contributed by atoms with Gasteiger partial charge in [-0.2, -0.15) is 0 Å². The summed E-state index contributed by atoms with van der Waals surface area (Å²) >= 11 is 5.57. The van der Waals surface area contributed by atoms with E-state index in [9.17, 15) is 4.79 Å². The molecule has 0 aromatic carbocycles. The molecule has 0 amide bonds. The fourth-order valence-corrected chi connectivity index (χ4v) is 1.04. The van der Waals surface area contributed by atoms with Crippen molar-refractivity contribution in [1.29, 1.82) is 0 Å². The van der Waals surface area contributed by atoms with Crippen LogP contribution in [0.5, 0.6) is 0 Å². The summed E-state index contributed by atoms with van der Waals surface area (Å²) in [6, 6.07) is 0.380. The molecule has 0 aliphatic rings. The van der Waals surface area contributed by atoms with Crippen LogP contribution in [0.25, 0.3) is 0 Å². The minimum absolute atomic E-state index is 0.380. The molecule has 0 spiro atoms. The van der Waals surface area contributed by atoms with E-state index in [1.54, 1.807) is 0 Å². The Hall–Kier alpha value is -0.280. The van der Waals surface area contributed by atoms with Crippen molar-refractivity contribution >= 4 is 17.6 Å². The molecule has 4 heteroatoms. The van der Waals surface area contributed by atoms with E-state index in [2.05, 4.69) is 6.92 Å². The summed E-state index contributed by atoms with van der Waals surface area (Å²) in [6.45, 7) is 4.50.